The second-order valence-electron chi connectivity index (χ2n) is 17.2. The molecule has 0 fully saturated rings. The Kier molecular flexibility index (Phi) is 8.47. The molecule has 0 aliphatic heterocycles. The Hall–Kier alpha value is -8.46. The van der Waals surface area contributed by atoms with Gasteiger partial charge in [0.05, 0.1) is 16.4 Å². The zero-order valence-corrected chi connectivity index (χ0v) is 35.6. The summed E-state index contributed by atoms with van der Waals surface area (Å²) in [5.74, 6) is 0. The second kappa shape index (κ2) is 14.8. The Bertz CT molecular complexity index is 3680. The van der Waals surface area contributed by atoms with Crippen molar-refractivity contribution in [3.8, 4) is 27.9 Å². The van der Waals surface area contributed by atoms with Gasteiger partial charge in [-0.1, -0.05) is 200 Å². The van der Waals surface area contributed by atoms with E-state index in [1.165, 1.54) is 76.7 Å². The molecule has 11 aromatic carbocycles. The van der Waals surface area contributed by atoms with Gasteiger partial charge < -0.3 is 9.47 Å². The van der Waals surface area contributed by atoms with Crippen molar-refractivity contribution in [1.29, 1.82) is 0 Å². The highest BCUT2D eigenvalue weighted by Gasteiger charge is 2.46. The SMILES string of the molecule is c1ccc(N(c2ccccc2)c2cccc(-c3ccc4c5c6ccccc6c6ccccc6c5n(-c5ccc6c(c5)-c5ccccc5C6(c5ccccc5)c5ccccc5)c4c3)c2)cc1. The highest BCUT2D eigenvalue weighted by atomic mass is 15.1. The third-order valence-electron chi connectivity index (χ3n) is 13.8. The standard InChI is InChI=1S/C63H42N2/c1-5-21-45(22-6-1)63(46-23-7-2-8-24-46)58-35-18-17-32-53(58)57-42-50(37-39-59(57)63)65-60-41-44(36-38-56(60)61-54-33-15-13-30-51(54)52-31-14-16-34-55(52)62(61)65)43-20-19-29-49(40-43)64(47-25-9-3-10-26-47)48-27-11-4-12-28-48/h1-42H. The molecule has 13 rings (SSSR count). The molecule has 0 saturated carbocycles. The Balaban J connectivity index is 1.09. The van der Waals surface area contributed by atoms with Gasteiger partial charge in [0.1, 0.15) is 0 Å². The van der Waals surface area contributed by atoms with Crippen LogP contribution in [0.15, 0.2) is 255 Å². The van der Waals surface area contributed by atoms with Gasteiger partial charge in [-0.05, 0) is 115 Å². The molecule has 0 amide bonds. The van der Waals surface area contributed by atoms with E-state index < -0.39 is 5.41 Å². The number of anilines is 3. The van der Waals surface area contributed by atoms with Crippen LogP contribution >= 0.6 is 0 Å². The number of fused-ring (bicyclic) bond motifs is 11. The third-order valence-corrected chi connectivity index (χ3v) is 13.8. The molecule has 65 heavy (non-hydrogen) atoms. The molecule has 0 unspecified atom stereocenters. The number of benzene rings is 11. The lowest BCUT2D eigenvalue weighted by Gasteiger charge is -2.33. The van der Waals surface area contributed by atoms with Crippen LogP contribution in [-0.4, -0.2) is 4.57 Å². The van der Waals surface area contributed by atoms with Gasteiger partial charge in [-0.2, -0.15) is 0 Å². The van der Waals surface area contributed by atoms with Gasteiger partial charge >= 0.3 is 0 Å². The van der Waals surface area contributed by atoms with E-state index in [1.54, 1.807) is 0 Å². The highest BCUT2D eigenvalue weighted by Crippen LogP contribution is 2.57. The first-order chi connectivity index (χ1) is 32.3. The zero-order valence-electron chi connectivity index (χ0n) is 35.6. The van der Waals surface area contributed by atoms with Crippen molar-refractivity contribution in [2.45, 2.75) is 5.41 Å². The number of rotatable bonds is 7. The largest absolute Gasteiger partial charge is 0.310 e. The van der Waals surface area contributed by atoms with Crippen molar-refractivity contribution < 1.29 is 0 Å². The lowest BCUT2D eigenvalue weighted by Crippen LogP contribution is -2.28. The summed E-state index contributed by atoms with van der Waals surface area (Å²) in [6.45, 7) is 0. The molecule has 2 nitrogen and oxygen atoms in total. The predicted molar refractivity (Wildman–Crippen MR) is 273 cm³/mol. The van der Waals surface area contributed by atoms with Crippen LogP contribution < -0.4 is 4.90 Å². The number of para-hydroxylation sites is 2. The predicted octanol–water partition coefficient (Wildman–Crippen LogP) is 16.6. The number of hydrogen-bond donors (Lipinski definition) is 0. The van der Waals surface area contributed by atoms with Gasteiger partial charge in [0.2, 0.25) is 0 Å². The monoisotopic (exact) mass is 826 g/mol. The lowest BCUT2D eigenvalue weighted by atomic mass is 9.68. The summed E-state index contributed by atoms with van der Waals surface area (Å²) in [5, 5.41) is 7.55. The minimum atomic E-state index is -0.470. The topological polar surface area (TPSA) is 8.17 Å². The Morgan fingerprint density at radius 2 is 0.846 bits per heavy atom. The maximum absolute atomic E-state index is 2.56. The first-order valence-electron chi connectivity index (χ1n) is 22.5. The molecule has 1 aliphatic rings. The van der Waals surface area contributed by atoms with Crippen molar-refractivity contribution in [3.05, 3.63) is 277 Å². The van der Waals surface area contributed by atoms with E-state index in [1.807, 2.05) is 0 Å². The van der Waals surface area contributed by atoms with E-state index in [2.05, 4.69) is 264 Å². The molecule has 0 N–H and O–H groups in total. The van der Waals surface area contributed by atoms with Gasteiger partial charge in [-0.15, -0.1) is 0 Å². The molecular formula is C63H42N2. The summed E-state index contributed by atoms with van der Waals surface area (Å²) < 4.78 is 2.56. The average Bonchev–Trinajstić information content (AvgIpc) is 3.89. The van der Waals surface area contributed by atoms with E-state index in [0.29, 0.717) is 0 Å². The molecule has 12 aromatic rings. The summed E-state index contributed by atoms with van der Waals surface area (Å²) in [6, 6.07) is 93.7. The number of hydrogen-bond acceptors (Lipinski definition) is 1. The maximum atomic E-state index is 2.56. The second-order valence-corrected chi connectivity index (χ2v) is 17.2. The zero-order chi connectivity index (χ0) is 42.9. The maximum Gasteiger partial charge on any atom is 0.0713 e. The van der Waals surface area contributed by atoms with Crippen molar-refractivity contribution in [2.24, 2.45) is 0 Å². The molecule has 0 bridgehead atoms. The normalized spacial score (nSPS) is 12.7. The molecular weight excluding hydrogens is 785 g/mol. The first-order valence-corrected chi connectivity index (χ1v) is 22.5. The van der Waals surface area contributed by atoms with E-state index >= 15 is 0 Å². The molecule has 0 radical (unpaired) electrons. The lowest BCUT2D eigenvalue weighted by molar-refractivity contribution is 0.768. The van der Waals surface area contributed by atoms with Crippen LogP contribution in [0.4, 0.5) is 17.1 Å². The molecule has 1 aromatic heterocycles. The van der Waals surface area contributed by atoms with E-state index in [9.17, 15) is 0 Å². The Morgan fingerprint density at radius 1 is 0.323 bits per heavy atom. The van der Waals surface area contributed by atoms with Gasteiger partial charge in [0.15, 0.2) is 0 Å². The number of nitrogens with zero attached hydrogens (tertiary/aromatic N) is 2. The van der Waals surface area contributed by atoms with Crippen LogP contribution in [0.1, 0.15) is 22.3 Å². The van der Waals surface area contributed by atoms with Crippen LogP contribution in [0.3, 0.4) is 0 Å². The Morgan fingerprint density at radius 3 is 1.52 bits per heavy atom. The Labute approximate surface area is 378 Å². The third kappa shape index (κ3) is 5.60. The first kappa shape index (κ1) is 37.1. The van der Waals surface area contributed by atoms with Crippen molar-refractivity contribution in [3.63, 3.8) is 0 Å². The summed E-state index contributed by atoms with van der Waals surface area (Å²) in [7, 11) is 0. The summed E-state index contributed by atoms with van der Waals surface area (Å²) >= 11 is 0. The minimum absolute atomic E-state index is 0.470. The smallest absolute Gasteiger partial charge is 0.0713 e. The molecule has 0 saturated heterocycles. The molecule has 2 heteroatoms. The van der Waals surface area contributed by atoms with Crippen LogP contribution in [-0.2, 0) is 5.41 Å². The summed E-state index contributed by atoms with van der Waals surface area (Å²) in [5.41, 5.74) is 16.4. The quantitative estimate of drug-likeness (QED) is 0.145. The van der Waals surface area contributed by atoms with Crippen LogP contribution in [0.5, 0.6) is 0 Å². The fourth-order valence-electron chi connectivity index (χ4n) is 11.1. The van der Waals surface area contributed by atoms with Gasteiger partial charge in [0, 0.05) is 38.9 Å². The fourth-order valence-corrected chi connectivity index (χ4v) is 11.1. The molecule has 0 atom stereocenters. The van der Waals surface area contributed by atoms with Gasteiger partial charge in [-0.3, -0.25) is 0 Å². The van der Waals surface area contributed by atoms with Gasteiger partial charge in [-0.25, -0.2) is 0 Å². The highest BCUT2D eigenvalue weighted by molar-refractivity contribution is 6.32. The van der Waals surface area contributed by atoms with E-state index in [-0.39, 0.29) is 0 Å². The van der Waals surface area contributed by atoms with Crippen molar-refractivity contribution in [2.75, 3.05) is 4.90 Å². The fraction of sp³-hybridized carbons (Fsp3) is 0.0159. The molecule has 1 aliphatic carbocycles. The van der Waals surface area contributed by atoms with Crippen molar-refractivity contribution >= 4 is 60.4 Å². The minimum Gasteiger partial charge on any atom is -0.310 e. The molecule has 0 spiro atoms. The van der Waals surface area contributed by atoms with E-state index in [4.69, 9.17) is 0 Å². The van der Waals surface area contributed by atoms with E-state index in [0.717, 1.165) is 33.9 Å². The van der Waals surface area contributed by atoms with Crippen LogP contribution in [0.2, 0.25) is 0 Å². The summed E-state index contributed by atoms with van der Waals surface area (Å²) in [4.78, 5) is 2.34. The molecule has 1 heterocycles. The van der Waals surface area contributed by atoms with Gasteiger partial charge in [0.25, 0.3) is 0 Å². The summed E-state index contributed by atoms with van der Waals surface area (Å²) in [6.07, 6.45) is 0. The van der Waals surface area contributed by atoms with Crippen LogP contribution in [0.25, 0.3) is 71.3 Å². The molecule has 304 valence electrons. The van der Waals surface area contributed by atoms with Crippen LogP contribution in [0, 0.1) is 0 Å². The van der Waals surface area contributed by atoms with Crippen molar-refractivity contribution in [1.82, 2.24) is 4.57 Å². The average molecular weight is 827 g/mol. The number of aromatic nitrogens is 1.